The van der Waals surface area contributed by atoms with Crippen LogP contribution in [0.3, 0.4) is 0 Å². The normalized spacial score (nSPS) is 10.7. The van der Waals surface area contributed by atoms with Gasteiger partial charge in [0.2, 0.25) is 0 Å². The second-order valence-electron chi connectivity index (χ2n) is 4.42. The van der Waals surface area contributed by atoms with Crippen LogP contribution in [0.15, 0.2) is 41.6 Å². The van der Waals surface area contributed by atoms with Gasteiger partial charge in [-0.25, -0.2) is 4.98 Å². The van der Waals surface area contributed by atoms with Crippen molar-refractivity contribution in [3.05, 3.63) is 58.2 Å². The van der Waals surface area contributed by atoms with Gasteiger partial charge in [-0.1, -0.05) is 29.8 Å². The van der Waals surface area contributed by atoms with Gasteiger partial charge in [0.25, 0.3) is 0 Å². The van der Waals surface area contributed by atoms with Crippen molar-refractivity contribution in [2.75, 3.05) is 6.54 Å². The van der Waals surface area contributed by atoms with Gasteiger partial charge in [0.1, 0.15) is 0 Å². The largest absolute Gasteiger partial charge is 0.330 e. The highest BCUT2D eigenvalue weighted by atomic mass is 35.5. The van der Waals surface area contributed by atoms with E-state index < -0.39 is 0 Å². The van der Waals surface area contributed by atoms with Gasteiger partial charge in [-0.15, -0.1) is 11.8 Å². The Morgan fingerprint density at radius 3 is 2.58 bits per heavy atom. The molecule has 4 heteroatoms. The lowest BCUT2D eigenvalue weighted by atomic mass is 10.2. The maximum Gasteiger partial charge on any atom is 0.0992 e. The number of pyridine rings is 1. The van der Waals surface area contributed by atoms with E-state index in [9.17, 15) is 0 Å². The van der Waals surface area contributed by atoms with E-state index in [-0.39, 0.29) is 0 Å². The minimum atomic E-state index is 0.665. The fourth-order valence-electron chi connectivity index (χ4n) is 1.81. The zero-order valence-corrected chi connectivity index (χ0v) is 12.5. The van der Waals surface area contributed by atoms with E-state index >= 15 is 0 Å². The molecule has 2 N–H and O–H groups in total. The van der Waals surface area contributed by atoms with Crippen molar-refractivity contribution in [2.45, 2.75) is 24.1 Å². The standard InChI is InChI=1S/C15H17ClN2S/c1-11-8-13(6-7-17)9-18-15(11)19-10-12-2-4-14(16)5-3-12/h2-5,8-9H,6-7,10,17H2,1H3. The quantitative estimate of drug-likeness (QED) is 0.851. The molecule has 2 nitrogen and oxygen atoms in total. The minimum Gasteiger partial charge on any atom is -0.330 e. The number of hydrogen-bond donors (Lipinski definition) is 1. The Morgan fingerprint density at radius 2 is 1.95 bits per heavy atom. The summed E-state index contributed by atoms with van der Waals surface area (Å²) in [6.07, 6.45) is 2.81. The number of nitrogens with zero attached hydrogens (tertiary/aromatic N) is 1. The van der Waals surface area contributed by atoms with Crippen molar-refractivity contribution < 1.29 is 0 Å². The van der Waals surface area contributed by atoms with E-state index in [0.717, 1.165) is 22.2 Å². The molecule has 1 aromatic heterocycles. The number of nitrogens with two attached hydrogens (primary N) is 1. The van der Waals surface area contributed by atoms with Gasteiger partial charge in [0.05, 0.1) is 5.03 Å². The highest BCUT2D eigenvalue weighted by Crippen LogP contribution is 2.25. The van der Waals surface area contributed by atoms with Crippen molar-refractivity contribution in [3.8, 4) is 0 Å². The number of benzene rings is 1. The molecule has 0 atom stereocenters. The van der Waals surface area contributed by atoms with Crippen molar-refractivity contribution in [3.63, 3.8) is 0 Å². The van der Waals surface area contributed by atoms with Crippen LogP contribution >= 0.6 is 23.4 Å². The lowest BCUT2D eigenvalue weighted by Gasteiger charge is -2.07. The fraction of sp³-hybridized carbons (Fsp3) is 0.267. The predicted molar refractivity (Wildman–Crippen MR) is 82.7 cm³/mol. The summed E-state index contributed by atoms with van der Waals surface area (Å²) in [5.41, 5.74) is 9.22. The number of rotatable bonds is 5. The third-order valence-corrected chi connectivity index (χ3v) is 4.24. The predicted octanol–water partition coefficient (Wildman–Crippen LogP) is 3.84. The van der Waals surface area contributed by atoms with Gasteiger partial charge in [-0.3, -0.25) is 0 Å². The monoisotopic (exact) mass is 292 g/mol. The molecule has 0 bridgehead atoms. The molecule has 0 radical (unpaired) electrons. The number of hydrogen-bond acceptors (Lipinski definition) is 3. The minimum absolute atomic E-state index is 0.665. The van der Waals surface area contributed by atoms with Gasteiger partial charge in [0, 0.05) is 17.0 Å². The van der Waals surface area contributed by atoms with E-state index in [1.165, 1.54) is 16.7 Å². The first-order chi connectivity index (χ1) is 9.19. The number of thioether (sulfide) groups is 1. The summed E-state index contributed by atoms with van der Waals surface area (Å²) >= 11 is 7.62. The summed E-state index contributed by atoms with van der Waals surface area (Å²) in [5.74, 6) is 0.904. The zero-order valence-electron chi connectivity index (χ0n) is 10.9. The average molecular weight is 293 g/mol. The molecule has 0 aliphatic carbocycles. The van der Waals surface area contributed by atoms with E-state index in [1.54, 1.807) is 11.8 Å². The first-order valence-electron chi connectivity index (χ1n) is 6.22. The highest BCUT2D eigenvalue weighted by molar-refractivity contribution is 7.98. The Morgan fingerprint density at radius 1 is 1.21 bits per heavy atom. The van der Waals surface area contributed by atoms with Crippen LogP contribution in [0.4, 0.5) is 0 Å². The Labute approximate surface area is 123 Å². The average Bonchev–Trinajstić information content (AvgIpc) is 2.40. The molecule has 0 amide bonds. The van der Waals surface area contributed by atoms with Crippen molar-refractivity contribution in [1.82, 2.24) is 4.98 Å². The fourth-order valence-corrected chi connectivity index (χ4v) is 2.84. The van der Waals surface area contributed by atoms with Crippen LogP contribution in [0.2, 0.25) is 5.02 Å². The molecule has 1 aromatic carbocycles. The summed E-state index contributed by atoms with van der Waals surface area (Å²) < 4.78 is 0. The molecule has 2 aromatic rings. The molecular weight excluding hydrogens is 276 g/mol. The van der Waals surface area contributed by atoms with Gasteiger partial charge in [0.15, 0.2) is 0 Å². The van der Waals surface area contributed by atoms with Crippen LogP contribution < -0.4 is 5.73 Å². The molecule has 0 aliphatic heterocycles. The Bertz CT molecular complexity index is 540. The van der Waals surface area contributed by atoms with E-state index in [2.05, 4.69) is 18.0 Å². The third kappa shape index (κ3) is 4.23. The van der Waals surface area contributed by atoms with E-state index in [1.807, 2.05) is 30.5 Å². The van der Waals surface area contributed by atoms with Gasteiger partial charge >= 0.3 is 0 Å². The van der Waals surface area contributed by atoms with Crippen LogP contribution in [-0.4, -0.2) is 11.5 Å². The van der Waals surface area contributed by atoms with E-state index in [0.29, 0.717) is 6.54 Å². The molecule has 19 heavy (non-hydrogen) atoms. The van der Waals surface area contributed by atoms with Crippen LogP contribution in [-0.2, 0) is 12.2 Å². The molecule has 0 spiro atoms. The molecule has 100 valence electrons. The Hall–Kier alpha value is -1.03. The van der Waals surface area contributed by atoms with Gasteiger partial charge in [-0.05, 0) is 48.7 Å². The van der Waals surface area contributed by atoms with Crippen LogP contribution in [0.5, 0.6) is 0 Å². The second-order valence-corrected chi connectivity index (χ2v) is 5.82. The molecule has 2 rings (SSSR count). The van der Waals surface area contributed by atoms with Crippen molar-refractivity contribution in [1.29, 1.82) is 0 Å². The number of halogens is 1. The molecular formula is C15H17ClN2S. The maximum absolute atomic E-state index is 5.87. The van der Waals surface area contributed by atoms with Crippen molar-refractivity contribution >= 4 is 23.4 Å². The number of aromatic nitrogens is 1. The topological polar surface area (TPSA) is 38.9 Å². The summed E-state index contributed by atoms with van der Waals surface area (Å²) in [6.45, 7) is 2.76. The Balaban J connectivity index is 2.01. The second kappa shape index (κ2) is 6.94. The van der Waals surface area contributed by atoms with Crippen molar-refractivity contribution in [2.24, 2.45) is 5.73 Å². The molecule has 0 unspecified atom stereocenters. The van der Waals surface area contributed by atoms with Crippen LogP contribution in [0, 0.1) is 6.92 Å². The molecule has 0 aliphatic rings. The SMILES string of the molecule is Cc1cc(CCN)cnc1SCc1ccc(Cl)cc1. The molecule has 0 saturated carbocycles. The zero-order chi connectivity index (χ0) is 13.7. The molecule has 0 saturated heterocycles. The van der Waals surface area contributed by atoms with Gasteiger partial charge < -0.3 is 5.73 Å². The first kappa shape index (κ1) is 14.4. The lowest BCUT2D eigenvalue weighted by Crippen LogP contribution is -2.03. The van der Waals surface area contributed by atoms with Crippen LogP contribution in [0.1, 0.15) is 16.7 Å². The Kier molecular flexibility index (Phi) is 5.25. The highest BCUT2D eigenvalue weighted by Gasteiger charge is 2.03. The molecule has 0 fully saturated rings. The molecule has 1 heterocycles. The third-order valence-electron chi connectivity index (χ3n) is 2.81. The maximum atomic E-state index is 5.87. The first-order valence-corrected chi connectivity index (χ1v) is 7.58. The summed E-state index contributed by atoms with van der Waals surface area (Å²) in [4.78, 5) is 4.51. The lowest BCUT2D eigenvalue weighted by molar-refractivity contribution is 0.935. The smallest absolute Gasteiger partial charge is 0.0992 e. The van der Waals surface area contributed by atoms with Gasteiger partial charge in [-0.2, -0.15) is 0 Å². The van der Waals surface area contributed by atoms with E-state index in [4.69, 9.17) is 17.3 Å². The summed E-state index contributed by atoms with van der Waals surface area (Å²) in [6, 6.07) is 10.1. The summed E-state index contributed by atoms with van der Waals surface area (Å²) in [5, 5.41) is 1.85. The van der Waals surface area contributed by atoms with Crippen LogP contribution in [0.25, 0.3) is 0 Å². The number of aryl methyl sites for hydroxylation is 1. The summed E-state index contributed by atoms with van der Waals surface area (Å²) in [7, 11) is 0.